The zero-order valence-electron chi connectivity index (χ0n) is 8.37. The minimum atomic E-state index is -0.306. The molecule has 1 rings (SSSR count). The predicted octanol–water partition coefficient (Wildman–Crippen LogP) is 0.970. The zero-order chi connectivity index (χ0) is 12.0. The largest absolute Gasteiger partial charge is 0.493 e. The summed E-state index contributed by atoms with van der Waals surface area (Å²) in [6, 6.07) is 6.64. The van der Waals surface area contributed by atoms with Crippen LogP contribution >= 0.6 is 11.6 Å². The van der Waals surface area contributed by atoms with Crippen molar-refractivity contribution in [3.05, 3.63) is 28.8 Å². The summed E-state index contributed by atoms with van der Waals surface area (Å²) < 4.78 is 5.25. The lowest BCUT2D eigenvalue weighted by Crippen LogP contribution is -2.31. The highest BCUT2D eigenvalue weighted by molar-refractivity contribution is 6.31. The molecule has 3 N–H and O–H groups in total. The first-order chi connectivity index (χ1) is 7.67. The van der Waals surface area contributed by atoms with E-state index in [1.54, 1.807) is 12.1 Å². The average molecular weight is 240 g/mol. The number of amides is 1. The molecule has 0 atom stereocenters. The number of nitrogens with one attached hydrogen (secondary N) is 1. The van der Waals surface area contributed by atoms with Crippen LogP contribution in [0.25, 0.3) is 0 Å². The maximum absolute atomic E-state index is 10.8. The van der Waals surface area contributed by atoms with Crippen LogP contribution in [0.5, 0.6) is 5.75 Å². The van der Waals surface area contributed by atoms with Gasteiger partial charge in [0, 0.05) is 6.07 Å². The molecule has 0 radical (unpaired) electrons. The van der Waals surface area contributed by atoms with Crippen LogP contribution in [0.3, 0.4) is 0 Å². The molecule has 0 bridgehead atoms. The summed E-state index contributed by atoms with van der Waals surface area (Å²) in [7, 11) is 0. The van der Waals surface area contributed by atoms with E-state index in [1.807, 2.05) is 11.5 Å². The van der Waals surface area contributed by atoms with Gasteiger partial charge in [-0.3, -0.25) is 10.2 Å². The SMILES string of the molecule is N#Cc1ccc(OCCC(=O)NN)cc1Cl. The van der Waals surface area contributed by atoms with Gasteiger partial charge in [-0.1, -0.05) is 11.6 Å². The van der Waals surface area contributed by atoms with Gasteiger partial charge in [0.2, 0.25) is 5.91 Å². The Labute approximate surface area is 97.7 Å². The number of benzene rings is 1. The van der Waals surface area contributed by atoms with Crippen molar-refractivity contribution in [2.45, 2.75) is 6.42 Å². The van der Waals surface area contributed by atoms with Gasteiger partial charge >= 0.3 is 0 Å². The Morgan fingerprint density at radius 3 is 2.94 bits per heavy atom. The normalized spacial score (nSPS) is 9.31. The number of hydrogen-bond acceptors (Lipinski definition) is 4. The lowest BCUT2D eigenvalue weighted by molar-refractivity contribution is -0.121. The molecule has 84 valence electrons. The highest BCUT2D eigenvalue weighted by Crippen LogP contribution is 2.21. The molecule has 6 heteroatoms. The molecule has 0 fully saturated rings. The summed E-state index contributed by atoms with van der Waals surface area (Å²) >= 11 is 5.80. The molecule has 0 aliphatic carbocycles. The molecule has 0 unspecified atom stereocenters. The van der Waals surface area contributed by atoms with Crippen molar-refractivity contribution in [3.8, 4) is 11.8 Å². The Bertz CT molecular complexity index is 429. The van der Waals surface area contributed by atoms with Crippen LogP contribution in [0.1, 0.15) is 12.0 Å². The lowest BCUT2D eigenvalue weighted by atomic mass is 10.2. The average Bonchev–Trinajstić information content (AvgIpc) is 2.29. The van der Waals surface area contributed by atoms with E-state index in [0.29, 0.717) is 16.3 Å². The standard InChI is InChI=1S/C10H10ClN3O2/c11-9-5-8(2-1-7(9)6-12)16-4-3-10(15)14-13/h1-2,5H,3-4,13H2,(H,14,15). The zero-order valence-corrected chi connectivity index (χ0v) is 9.12. The van der Waals surface area contributed by atoms with E-state index >= 15 is 0 Å². The quantitative estimate of drug-likeness (QED) is 0.466. The fraction of sp³-hybridized carbons (Fsp3) is 0.200. The lowest BCUT2D eigenvalue weighted by Gasteiger charge is -2.06. The summed E-state index contributed by atoms with van der Waals surface area (Å²) in [6.45, 7) is 0.200. The molecule has 0 saturated carbocycles. The second-order valence-corrected chi connectivity index (χ2v) is 3.33. The maximum atomic E-state index is 10.8. The molecule has 1 aromatic rings. The van der Waals surface area contributed by atoms with Gasteiger partial charge in [0.15, 0.2) is 0 Å². The Kier molecular flexibility index (Phi) is 4.58. The van der Waals surface area contributed by atoms with Crippen LogP contribution in [-0.4, -0.2) is 12.5 Å². The molecule has 1 amide bonds. The number of nitriles is 1. The molecule has 0 aliphatic heterocycles. The second kappa shape index (κ2) is 5.95. The van der Waals surface area contributed by atoms with Gasteiger partial charge < -0.3 is 4.74 Å². The van der Waals surface area contributed by atoms with E-state index in [0.717, 1.165) is 0 Å². The van der Waals surface area contributed by atoms with Gasteiger partial charge in [0.05, 0.1) is 23.6 Å². The number of ether oxygens (including phenoxy) is 1. The van der Waals surface area contributed by atoms with Gasteiger partial charge in [-0.15, -0.1) is 0 Å². The summed E-state index contributed by atoms with van der Waals surface area (Å²) in [5.74, 6) is 5.10. The number of nitrogens with zero attached hydrogens (tertiary/aromatic N) is 1. The fourth-order valence-electron chi connectivity index (χ4n) is 1.01. The Balaban J connectivity index is 2.53. The Hall–Kier alpha value is -1.77. The Morgan fingerprint density at radius 2 is 2.38 bits per heavy atom. The number of nitrogens with two attached hydrogens (primary N) is 1. The van der Waals surface area contributed by atoms with Crippen LogP contribution in [-0.2, 0) is 4.79 Å². The number of hydrogen-bond donors (Lipinski definition) is 2. The number of halogens is 1. The van der Waals surface area contributed by atoms with Crippen LogP contribution in [0.15, 0.2) is 18.2 Å². The first-order valence-electron chi connectivity index (χ1n) is 4.49. The topological polar surface area (TPSA) is 88.1 Å². The van der Waals surface area contributed by atoms with Gasteiger partial charge in [-0.05, 0) is 12.1 Å². The monoisotopic (exact) mass is 239 g/mol. The molecule has 0 aliphatic rings. The van der Waals surface area contributed by atoms with Crippen molar-refractivity contribution in [3.63, 3.8) is 0 Å². The molecule has 1 aromatic carbocycles. The number of rotatable bonds is 4. The van der Waals surface area contributed by atoms with E-state index in [1.165, 1.54) is 6.07 Å². The minimum Gasteiger partial charge on any atom is -0.493 e. The third-order valence-electron chi connectivity index (χ3n) is 1.82. The highest BCUT2D eigenvalue weighted by atomic mass is 35.5. The first-order valence-corrected chi connectivity index (χ1v) is 4.87. The van der Waals surface area contributed by atoms with Crippen molar-refractivity contribution < 1.29 is 9.53 Å². The van der Waals surface area contributed by atoms with Crippen molar-refractivity contribution in [1.29, 1.82) is 5.26 Å². The smallest absolute Gasteiger partial charge is 0.237 e. The van der Waals surface area contributed by atoms with E-state index in [9.17, 15) is 4.79 Å². The molecule has 0 saturated heterocycles. The van der Waals surface area contributed by atoms with Crippen LogP contribution in [0.4, 0.5) is 0 Å². The molecule has 16 heavy (non-hydrogen) atoms. The number of carbonyl (C=O) groups excluding carboxylic acids is 1. The fourth-order valence-corrected chi connectivity index (χ4v) is 1.22. The molecule has 0 heterocycles. The van der Waals surface area contributed by atoms with E-state index in [-0.39, 0.29) is 18.9 Å². The van der Waals surface area contributed by atoms with Gasteiger partial charge in [0.1, 0.15) is 11.8 Å². The van der Waals surface area contributed by atoms with E-state index in [2.05, 4.69) is 0 Å². The summed E-state index contributed by atoms with van der Waals surface area (Å²) in [6.07, 6.45) is 0.161. The molecule has 5 nitrogen and oxygen atoms in total. The van der Waals surface area contributed by atoms with Crippen molar-refractivity contribution in [2.24, 2.45) is 5.84 Å². The van der Waals surface area contributed by atoms with Crippen LogP contribution in [0.2, 0.25) is 5.02 Å². The van der Waals surface area contributed by atoms with Crippen molar-refractivity contribution in [1.82, 2.24) is 5.43 Å². The van der Waals surface area contributed by atoms with Gasteiger partial charge in [0.25, 0.3) is 0 Å². The van der Waals surface area contributed by atoms with Crippen molar-refractivity contribution >= 4 is 17.5 Å². The molecule has 0 aromatic heterocycles. The second-order valence-electron chi connectivity index (χ2n) is 2.92. The van der Waals surface area contributed by atoms with Crippen molar-refractivity contribution in [2.75, 3.05) is 6.61 Å². The molecule has 0 spiro atoms. The third kappa shape index (κ3) is 3.42. The summed E-state index contributed by atoms with van der Waals surface area (Å²) in [4.78, 5) is 10.8. The third-order valence-corrected chi connectivity index (χ3v) is 2.13. The molecular weight excluding hydrogens is 230 g/mol. The number of hydrazine groups is 1. The maximum Gasteiger partial charge on any atom is 0.237 e. The summed E-state index contributed by atoms with van der Waals surface area (Å²) in [5.41, 5.74) is 2.38. The van der Waals surface area contributed by atoms with E-state index in [4.69, 9.17) is 27.4 Å². The minimum absolute atomic E-state index is 0.161. The van der Waals surface area contributed by atoms with Gasteiger partial charge in [-0.25, -0.2) is 5.84 Å². The molecular formula is C10H10ClN3O2. The Morgan fingerprint density at radius 1 is 1.62 bits per heavy atom. The van der Waals surface area contributed by atoms with Crippen LogP contribution < -0.4 is 16.0 Å². The summed E-state index contributed by atoms with van der Waals surface area (Å²) in [5, 5.41) is 8.97. The number of carbonyl (C=O) groups is 1. The highest BCUT2D eigenvalue weighted by Gasteiger charge is 2.03. The predicted molar refractivity (Wildman–Crippen MR) is 58.6 cm³/mol. The van der Waals surface area contributed by atoms with Gasteiger partial charge in [-0.2, -0.15) is 5.26 Å². The van der Waals surface area contributed by atoms with Crippen LogP contribution in [0, 0.1) is 11.3 Å². The first kappa shape index (κ1) is 12.3. The van der Waals surface area contributed by atoms with E-state index < -0.39 is 0 Å².